The van der Waals surface area contributed by atoms with Crippen molar-refractivity contribution in [3.8, 4) is 0 Å². The SMILES string of the molecule is C1CCCC(NCCN2CCOCC2)CC1. The first-order chi connectivity index (χ1) is 7.95. The number of hydrogen-bond acceptors (Lipinski definition) is 3. The van der Waals surface area contributed by atoms with E-state index < -0.39 is 0 Å². The molecule has 0 atom stereocenters. The highest BCUT2D eigenvalue weighted by Crippen LogP contribution is 2.16. The molecule has 0 aromatic rings. The zero-order valence-electron chi connectivity index (χ0n) is 10.4. The van der Waals surface area contributed by atoms with Gasteiger partial charge in [0.1, 0.15) is 0 Å². The van der Waals surface area contributed by atoms with Gasteiger partial charge in [0.25, 0.3) is 0 Å². The van der Waals surface area contributed by atoms with Crippen molar-refractivity contribution in [1.82, 2.24) is 10.2 Å². The van der Waals surface area contributed by atoms with Crippen molar-refractivity contribution >= 4 is 0 Å². The van der Waals surface area contributed by atoms with Crippen LogP contribution in [0, 0.1) is 0 Å². The fourth-order valence-corrected chi connectivity index (χ4v) is 2.74. The molecule has 2 fully saturated rings. The first-order valence-electron chi connectivity index (χ1n) is 6.98. The molecule has 0 bridgehead atoms. The minimum Gasteiger partial charge on any atom is -0.379 e. The maximum atomic E-state index is 5.35. The Labute approximate surface area is 99.5 Å². The van der Waals surface area contributed by atoms with Crippen molar-refractivity contribution in [2.24, 2.45) is 0 Å². The van der Waals surface area contributed by atoms with E-state index in [9.17, 15) is 0 Å². The zero-order chi connectivity index (χ0) is 11.1. The maximum absolute atomic E-state index is 5.35. The Morgan fingerprint density at radius 1 is 1.00 bits per heavy atom. The summed E-state index contributed by atoms with van der Waals surface area (Å²) >= 11 is 0. The van der Waals surface area contributed by atoms with Crippen molar-refractivity contribution in [3.05, 3.63) is 0 Å². The van der Waals surface area contributed by atoms with Crippen LogP contribution < -0.4 is 5.32 Å². The van der Waals surface area contributed by atoms with E-state index >= 15 is 0 Å². The third kappa shape index (κ3) is 4.40. The smallest absolute Gasteiger partial charge is 0.0594 e. The van der Waals surface area contributed by atoms with Crippen molar-refractivity contribution < 1.29 is 4.74 Å². The van der Waals surface area contributed by atoms with Gasteiger partial charge < -0.3 is 10.1 Å². The molecule has 2 rings (SSSR count). The van der Waals surface area contributed by atoms with Gasteiger partial charge in [-0.3, -0.25) is 4.90 Å². The topological polar surface area (TPSA) is 24.5 Å². The van der Waals surface area contributed by atoms with Crippen LogP contribution >= 0.6 is 0 Å². The van der Waals surface area contributed by atoms with E-state index in [1.54, 1.807) is 0 Å². The van der Waals surface area contributed by atoms with Crippen LogP contribution in [0.25, 0.3) is 0 Å². The quantitative estimate of drug-likeness (QED) is 0.737. The van der Waals surface area contributed by atoms with Gasteiger partial charge in [-0.25, -0.2) is 0 Å². The molecule has 1 aliphatic heterocycles. The minimum absolute atomic E-state index is 0.795. The molecule has 1 N–H and O–H groups in total. The van der Waals surface area contributed by atoms with Crippen LogP contribution in [0.4, 0.5) is 0 Å². The fraction of sp³-hybridized carbons (Fsp3) is 1.00. The lowest BCUT2D eigenvalue weighted by atomic mass is 10.1. The number of nitrogens with one attached hydrogen (secondary N) is 1. The molecule has 16 heavy (non-hydrogen) atoms. The van der Waals surface area contributed by atoms with E-state index in [-0.39, 0.29) is 0 Å². The van der Waals surface area contributed by atoms with Gasteiger partial charge in [-0.05, 0) is 12.8 Å². The summed E-state index contributed by atoms with van der Waals surface area (Å²) < 4.78 is 5.35. The van der Waals surface area contributed by atoms with E-state index in [4.69, 9.17) is 4.74 Å². The van der Waals surface area contributed by atoms with Crippen LogP contribution in [-0.4, -0.2) is 50.3 Å². The Balaban J connectivity index is 1.55. The molecule has 0 aromatic heterocycles. The minimum atomic E-state index is 0.795. The van der Waals surface area contributed by atoms with Crippen LogP contribution in [0.15, 0.2) is 0 Å². The van der Waals surface area contributed by atoms with Gasteiger partial charge in [0.05, 0.1) is 13.2 Å². The standard InChI is InChI=1S/C13H26N2O/c1-2-4-6-13(5-3-1)14-7-8-15-9-11-16-12-10-15/h13-14H,1-12H2. The highest BCUT2D eigenvalue weighted by molar-refractivity contribution is 4.72. The van der Waals surface area contributed by atoms with Crippen LogP contribution in [0.3, 0.4) is 0 Å². The van der Waals surface area contributed by atoms with Gasteiger partial charge >= 0.3 is 0 Å². The largest absolute Gasteiger partial charge is 0.379 e. The predicted molar refractivity (Wildman–Crippen MR) is 66.8 cm³/mol. The highest BCUT2D eigenvalue weighted by Gasteiger charge is 2.13. The van der Waals surface area contributed by atoms with E-state index in [0.29, 0.717) is 0 Å². The van der Waals surface area contributed by atoms with Gasteiger partial charge in [0, 0.05) is 32.2 Å². The van der Waals surface area contributed by atoms with Crippen molar-refractivity contribution in [2.45, 2.75) is 44.6 Å². The zero-order valence-corrected chi connectivity index (χ0v) is 10.4. The molecule has 3 heteroatoms. The van der Waals surface area contributed by atoms with Crippen LogP contribution in [0.2, 0.25) is 0 Å². The number of ether oxygens (including phenoxy) is 1. The lowest BCUT2D eigenvalue weighted by Gasteiger charge is -2.27. The molecule has 1 aliphatic carbocycles. The molecule has 1 saturated carbocycles. The average Bonchev–Trinajstić information content (AvgIpc) is 2.59. The molecule has 2 aliphatic rings. The second kappa shape index (κ2) is 7.25. The maximum Gasteiger partial charge on any atom is 0.0594 e. The van der Waals surface area contributed by atoms with Gasteiger partial charge in [-0.15, -0.1) is 0 Å². The van der Waals surface area contributed by atoms with Crippen molar-refractivity contribution in [2.75, 3.05) is 39.4 Å². The lowest BCUT2D eigenvalue weighted by molar-refractivity contribution is 0.0381. The molecule has 0 radical (unpaired) electrons. The highest BCUT2D eigenvalue weighted by atomic mass is 16.5. The van der Waals surface area contributed by atoms with E-state index in [1.165, 1.54) is 45.1 Å². The van der Waals surface area contributed by atoms with Crippen LogP contribution in [0.5, 0.6) is 0 Å². The second-order valence-corrected chi connectivity index (χ2v) is 5.10. The van der Waals surface area contributed by atoms with Crippen molar-refractivity contribution in [3.63, 3.8) is 0 Å². The molecular formula is C13H26N2O. The average molecular weight is 226 g/mol. The third-order valence-electron chi connectivity index (χ3n) is 3.82. The summed E-state index contributed by atoms with van der Waals surface area (Å²) in [5, 5.41) is 3.73. The molecule has 0 amide bonds. The van der Waals surface area contributed by atoms with Gasteiger partial charge in [-0.1, -0.05) is 25.7 Å². The molecule has 0 aromatic carbocycles. The lowest BCUT2D eigenvalue weighted by Crippen LogP contribution is -2.42. The number of morpholine rings is 1. The summed E-state index contributed by atoms with van der Waals surface area (Å²) in [5.41, 5.74) is 0. The molecule has 94 valence electrons. The molecule has 0 spiro atoms. The van der Waals surface area contributed by atoms with Gasteiger partial charge in [-0.2, -0.15) is 0 Å². The van der Waals surface area contributed by atoms with E-state index in [2.05, 4.69) is 10.2 Å². The summed E-state index contributed by atoms with van der Waals surface area (Å²) in [4.78, 5) is 2.51. The number of nitrogens with zero attached hydrogens (tertiary/aromatic N) is 1. The number of hydrogen-bond donors (Lipinski definition) is 1. The van der Waals surface area contributed by atoms with Crippen LogP contribution in [-0.2, 0) is 4.74 Å². The van der Waals surface area contributed by atoms with Gasteiger partial charge in [0.2, 0.25) is 0 Å². The summed E-state index contributed by atoms with van der Waals surface area (Å²) in [7, 11) is 0. The Kier molecular flexibility index (Phi) is 5.59. The van der Waals surface area contributed by atoms with Gasteiger partial charge in [0.15, 0.2) is 0 Å². The fourth-order valence-electron chi connectivity index (χ4n) is 2.74. The Bertz CT molecular complexity index is 173. The predicted octanol–water partition coefficient (Wildman–Crippen LogP) is 1.63. The first-order valence-corrected chi connectivity index (χ1v) is 6.98. The molecular weight excluding hydrogens is 200 g/mol. The first kappa shape index (κ1) is 12.3. The summed E-state index contributed by atoms with van der Waals surface area (Å²) in [6.45, 7) is 6.43. The summed E-state index contributed by atoms with van der Waals surface area (Å²) in [5.74, 6) is 0. The Morgan fingerprint density at radius 3 is 2.38 bits per heavy atom. The Morgan fingerprint density at radius 2 is 1.69 bits per heavy atom. The van der Waals surface area contributed by atoms with E-state index in [1.807, 2.05) is 0 Å². The van der Waals surface area contributed by atoms with Crippen LogP contribution in [0.1, 0.15) is 38.5 Å². The molecule has 0 unspecified atom stereocenters. The molecule has 1 heterocycles. The second-order valence-electron chi connectivity index (χ2n) is 5.10. The normalized spacial score (nSPS) is 25.5. The summed E-state index contributed by atoms with van der Waals surface area (Å²) in [6.07, 6.45) is 8.53. The molecule has 3 nitrogen and oxygen atoms in total. The Hall–Kier alpha value is -0.120. The van der Waals surface area contributed by atoms with Crippen molar-refractivity contribution in [1.29, 1.82) is 0 Å². The van der Waals surface area contributed by atoms with E-state index in [0.717, 1.165) is 38.9 Å². The molecule has 1 saturated heterocycles. The monoisotopic (exact) mass is 226 g/mol. The third-order valence-corrected chi connectivity index (χ3v) is 3.82. The number of rotatable bonds is 4. The summed E-state index contributed by atoms with van der Waals surface area (Å²) in [6, 6.07) is 0.795.